The van der Waals surface area contributed by atoms with Gasteiger partial charge in [-0.1, -0.05) is 0 Å². The van der Waals surface area contributed by atoms with E-state index in [2.05, 4.69) is 0 Å². The zero-order chi connectivity index (χ0) is 15.1. The molecule has 0 heterocycles. The van der Waals surface area contributed by atoms with E-state index < -0.39 is 18.3 Å². The Labute approximate surface area is 117 Å². The molecule has 0 aliphatic carbocycles. The van der Waals surface area contributed by atoms with E-state index in [1.54, 1.807) is 27.7 Å². The minimum Gasteiger partial charge on any atom is -0.427 e. The molecular weight excluding hydrogens is 247 g/mol. The molecule has 5 nitrogen and oxygen atoms in total. The molecule has 0 unspecified atom stereocenters. The highest BCUT2D eigenvalue weighted by molar-refractivity contribution is 6.42. The van der Waals surface area contributed by atoms with Gasteiger partial charge in [0.1, 0.15) is 0 Å². The van der Waals surface area contributed by atoms with Crippen molar-refractivity contribution in [1.29, 1.82) is 0 Å². The third-order valence-corrected chi connectivity index (χ3v) is 3.26. The van der Waals surface area contributed by atoms with Crippen LogP contribution in [0.4, 0.5) is 0 Å². The molecule has 0 fully saturated rings. The van der Waals surface area contributed by atoms with Crippen molar-refractivity contribution < 1.29 is 24.3 Å². The number of ether oxygens (including phenoxy) is 2. The number of aliphatic hydroxyl groups is 1. The summed E-state index contributed by atoms with van der Waals surface area (Å²) in [7, 11) is -0.954. The van der Waals surface area contributed by atoms with Gasteiger partial charge >= 0.3 is 7.12 Å². The van der Waals surface area contributed by atoms with Crippen molar-refractivity contribution in [3.8, 4) is 0 Å². The molecule has 114 valence electrons. The Morgan fingerprint density at radius 1 is 1.05 bits per heavy atom. The maximum atomic E-state index is 9.95. The summed E-state index contributed by atoms with van der Waals surface area (Å²) in [5.41, 5.74) is -1.87. The third-order valence-electron chi connectivity index (χ3n) is 3.26. The molecule has 0 atom stereocenters. The highest BCUT2D eigenvalue weighted by atomic mass is 16.7. The van der Waals surface area contributed by atoms with E-state index in [9.17, 15) is 10.1 Å². The van der Waals surface area contributed by atoms with Gasteiger partial charge in [-0.15, -0.1) is 0 Å². The van der Waals surface area contributed by atoms with E-state index >= 15 is 0 Å². The standard InChI is InChI=1S/C13H29BO5/c1-7-17-11(18-8-2)9-10-14(16)19-13(5,6)12(3,4)15/h11,15-16H,7-10H2,1-6H3. The van der Waals surface area contributed by atoms with Gasteiger partial charge in [-0.25, -0.2) is 0 Å². The zero-order valence-corrected chi connectivity index (χ0v) is 13.1. The molecule has 0 aromatic rings. The molecule has 0 spiro atoms. The molecule has 6 heteroatoms. The molecule has 0 aromatic carbocycles. The van der Waals surface area contributed by atoms with E-state index in [-0.39, 0.29) is 6.29 Å². The fraction of sp³-hybridized carbons (Fsp3) is 1.00. The van der Waals surface area contributed by atoms with Crippen LogP contribution in [-0.4, -0.2) is 48.0 Å². The van der Waals surface area contributed by atoms with E-state index in [1.807, 2.05) is 13.8 Å². The molecule has 19 heavy (non-hydrogen) atoms. The first-order valence-electron chi connectivity index (χ1n) is 6.95. The van der Waals surface area contributed by atoms with Gasteiger partial charge < -0.3 is 24.3 Å². The maximum Gasteiger partial charge on any atom is 0.454 e. The Morgan fingerprint density at radius 2 is 1.53 bits per heavy atom. The molecule has 2 N–H and O–H groups in total. The molecule has 0 radical (unpaired) electrons. The van der Waals surface area contributed by atoms with Gasteiger partial charge in [0.05, 0.1) is 11.2 Å². The van der Waals surface area contributed by atoms with Gasteiger partial charge in [0.2, 0.25) is 0 Å². The van der Waals surface area contributed by atoms with Crippen LogP contribution in [0.3, 0.4) is 0 Å². The summed E-state index contributed by atoms with van der Waals surface area (Å²) in [5, 5.41) is 19.8. The second-order valence-electron chi connectivity index (χ2n) is 5.56. The van der Waals surface area contributed by atoms with Gasteiger partial charge in [0.25, 0.3) is 0 Å². The molecule has 0 aromatic heterocycles. The van der Waals surface area contributed by atoms with Crippen LogP contribution in [0, 0.1) is 0 Å². The molecule has 0 amide bonds. The van der Waals surface area contributed by atoms with Gasteiger partial charge in [0, 0.05) is 13.2 Å². The SMILES string of the molecule is CCOC(CCB(O)OC(C)(C)C(C)(C)O)OCC. The van der Waals surface area contributed by atoms with Crippen molar-refractivity contribution in [3.63, 3.8) is 0 Å². The van der Waals surface area contributed by atoms with Crippen LogP contribution in [-0.2, 0) is 14.1 Å². The number of hydrogen-bond acceptors (Lipinski definition) is 5. The van der Waals surface area contributed by atoms with Crippen LogP contribution in [0.1, 0.15) is 48.0 Å². The summed E-state index contributed by atoms with van der Waals surface area (Å²) < 4.78 is 16.3. The zero-order valence-electron chi connectivity index (χ0n) is 13.1. The molecule has 0 saturated carbocycles. The average molecular weight is 276 g/mol. The van der Waals surface area contributed by atoms with Crippen molar-refractivity contribution in [1.82, 2.24) is 0 Å². The highest BCUT2D eigenvalue weighted by Gasteiger charge is 2.38. The van der Waals surface area contributed by atoms with E-state index in [1.165, 1.54) is 0 Å². The molecule has 0 rings (SSSR count). The highest BCUT2D eigenvalue weighted by Crippen LogP contribution is 2.26. The summed E-state index contributed by atoms with van der Waals surface area (Å²) >= 11 is 0. The molecule has 0 bridgehead atoms. The van der Waals surface area contributed by atoms with Crippen LogP contribution in [0.5, 0.6) is 0 Å². The second-order valence-corrected chi connectivity index (χ2v) is 5.56. The minimum atomic E-state index is -1.03. The van der Waals surface area contributed by atoms with Gasteiger partial charge in [-0.05, 0) is 54.3 Å². The van der Waals surface area contributed by atoms with Gasteiger partial charge in [-0.3, -0.25) is 0 Å². The van der Waals surface area contributed by atoms with Crippen LogP contribution in [0.2, 0.25) is 6.32 Å². The van der Waals surface area contributed by atoms with Gasteiger partial charge in [0.15, 0.2) is 6.29 Å². The van der Waals surface area contributed by atoms with Gasteiger partial charge in [-0.2, -0.15) is 0 Å². The first kappa shape index (κ1) is 18.9. The summed E-state index contributed by atoms with van der Waals surface area (Å²) in [5.74, 6) is 0. The van der Waals surface area contributed by atoms with Crippen molar-refractivity contribution in [3.05, 3.63) is 0 Å². The molecule has 0 aliphatic rings. The van der Waals surface area contributed by atoms with Crippen molar-refractivity contribution in [2.45, 2.75) is 71.8 Å². The van der Waals surface area contributed by atoms with Crippen LogP contribution in [0.15, 0.2) is 0 Å². The first-order chi connectivity index (χ1) is 8.64. The van der Waals surface area contributed by atoms with Crippen LogP contribution >= 0.6 is 0 Å². The fourth-order valence-corrected chi connectivity index (χ4v) is 1.41. The van der Waals surface area contributed by atoms with E-state index in [0.717, 1.165) is 0 Å². The monoisotopic (exact) mass is 276 g/mol. The normalized spacial score (nSPS) is 13.1. The Bertz CT molecular complexity index is 234. The Morgan fingerprint density at radius 3 is 1.89 bits per heavy atom. The quantitative estimate of drug-likeness (QED) is 0.470. The van der Waals surface area contributed by atoms with Crippen molar-refractivity contribution >= 4 is 7.12 Å². The molecular formula is C13H29BO5. The first-order valence-corrected chi connectivity index (χ1v) is 6.95. The predicted molar refractivity (Wildman–Crippen MR) is 75.9 cm³/mol. The smallest absolute Gasteiger partial charge is 0.427 e. The Kier molecular flexibility index (Phi) is 8.16. The molecule has 0 aliphatic heterocycles. The lowest BCUT2D eigenvalue weighted by molar-refractivity contribution is -0.138. The lowest BCUT2D eigenvalue weighted by Gasteiger charge is -2.38. The number of rotatable bonds is 10. The Hall–Kier alpha value is -0.135. The van der Waals surface area contributed by atoms with Crippen molar-refractivity contribution in [2.75, 3.05) is 13.2 Å². The van der Waals surface area contributed by atoms with Crippen LogP contribution in [0.25, 0.3) is 0 Å². The minimum absolute atomic E-state index is 0.321. The predicted octanol–water partition coefficient (Wildman–Crippen LogP) is 1.82. The van der Waals surface area contributed by atoms with Crippen LogP contribution < -0.4 is 0 Å². The average Bonchev–Trinajstić information content (AvgIpc) is 2.24. The molecule has 0 saturated heterocycles. The topological polar surface area (TPSA) is 68.2 Å². The second kappa shape index (κ2) is 8.22. The number of hydrogen-bond donors (Lipinski definition) is 2. The lowest BCUT2D eigenvalue weighted by atomic mass is 9.79. The maximum absolute atomic E-state index is 9.95. The summed E-state index contributed by atoms with van der Waals surface area (Å²) in [6.07, 6.45) is 0.619. The fourth-order valence-electron chi connectivity index (χ4n) is 1.41. The van der Waals surface area contributed by atoms with E-state index in [4.69, 9.17) is 14.1 Å². The third kappa shape index (κ3) is 7.27. The summed E-state index contributed by atoms with van der Waals surface area (Å²) in [6, 6.07) is 0. The lowest BCUT2D eigenvalue weighted by Crippen LogP contribution is -2.50. The summed E-state index contributed by atoms with van der Waals surface area (Å²) in [6.45, 7) is 11.7. The van der Waals surface area contributed by atoms with E-state index in [0.29, 0.717) is 26.0 Å². The van der Waals surface area contributed by atoms with Crippen molar-refractivity contribution in [2.24, 2.45) is 0 Å². The summed E-state index contributed by atoms with van der Waals surface area (Å²) in [4.78, 5) is 0. The largest absolute Gasteiger partial charge is 0.454 e. The Balaban J connectivity index is 4.20.